The number of hydrogen-bond acceptors (Lipinski definition) is 3. The highest BCUT2D eigenvalue weighted by molar-refractivity contribution is 5.84. The molecule has 1 N–H and O–H groups in total. The fourth-order valence-corrected chi connectivity index (χ4v) is 3.72. The van der Waals surface area contributed by atoms with Crippen LogP contribution in [0.25, 0.3) is 5.82 Å². The van der Waals surface area contributed by atoms with Crippen molar-refractivity contribution < 1.29 is 4.79 Å². The van der Waals surface area contributed by atoms with E-state index in [4.69, 9.17) is 0 Å². The largest absolute Gasteiger partial charge is 0.351 e. The van der Waals surface area contributed by atoms with Gasteiger partial charge in [-0.3, -0.25) is 9.36 Å². The zero-order valence-corrected chi connectivity index (χ0v) is 14.9. The predicted molar refractivity (Wildman–Crippen MR) is 100 cm³/mol. The highest BCUT2D eigenvalue weighted by Crippen LogP contribution is 2.31. The first-order valence-electron chi connectivity index (χ1n) is 9.04. The van der Waals surface area contributed by atoms with Gasteiger partial charge in [0.25, 0.3) is 0 Å². The van der Waals surface area contributed by atoms with E-state index in [2.05, 4.69) is 33.5 Å². The lowest BCUT2D eigenvalue weighted by atomic mass is 9.82. The van der Waals surface area contributed by atoms with E-state index in [0.29, 0.717) is 6.54 Å². The first-order chi connectivity index (χ1) is 12.7. The Morgan fingerprint density at radius 3 is 2.92 bits per heavy atom. The molecule has 0 fully saturated rings. The molecule has 1 aliphatic rings. The Bertz CT molecular complexity index is 931. The number of amides is 1. The van der Waals surface area contributed by atoms with Crippen LogP contribution in [0.15, 0.2) is 55.0 Å². The topological polar surface area (TPSA) is 59.8 Å². The first-order valence-corrected chi connectivity index (χ1v) is 9.04. The van der Waals surface area contributed by atoms with Crippen molar-refractivity contribution in [1.82, 2.24) is 19.9 Å². The van der Waals surface area contributed by atoms with Gasteiger partial charge in [0.2, 0.25) is 5.91 Å². The number of aryl methyl sites for hydroxylation is 2. The summed E-state index contributed by atoms with van der Waals surface area (Å²) in [6, 6.07) is 12.2. The van der Waals surface area contributed by atoms with Crippen LogP contribution in [0.5, 0.6) is 0 Å². The number of imidazole rings is 1. The molecule has 4 rings (SSSR count). The molecule has 0 saturated carbocycles. The van der Waals surface area contributed by atoms with Gasteiger partial charge in [0.05, 0.1) is 5.92 Å². The Kier molecular flexibility index (Phi) is 4.52. The molecule has 3 aromatic rings. The molecule has 2 heterocycles. The Hall–Kier alpha value is -2.95. The maximum atomic E-state index is 12.8. The van der Waals surface area contributed by atoms with E-state index >= 15 is 0 Å². The summed E-state index contributed by atoms with van der Waals surface area (Å²) >= 11 is 0. The Morgan fingerprint density at radius 1 is 1.19 bits per heavy atom. The monoisotopic (exact) mass is 346 g/mol. The molecule has 5 heteroatoms. The average Bonchev–Trinajstić information content (AvgIpc) is 3.11. The number of aromatic nitrogens is 3. The van der Waals surface area contributed by atoms with Crippen LogP contribution < -0.4 is 5.32 Å². The highest BCUT2D eigenvalue weighted by Gasteiger charge is 2.26. The van der Waals surface area contributed by atoms with Crippen LogP contribution in [0.1, 0.15) is 41.3 Å². The average molecular weight is 346 g/mol. The minimum absolute atomic E-state index is 0.0601. The summed E-state index contributed by atoms with van der Waals surface area (Å²) in [6.45, 7) is 2.40. The van der Waals surface area contributed by atoms with E-state index in [9.17, 15) is 4.79 Å². The van der Waals surface area contributed by atoms with Crippen LogP contribution >= 0.6 is 0 Å². The van der Waals surface area contributed by atoms with Crippen LogP contribution in [0.3, 0.4) is 0 Å². The lowest BCUT2D eigenvalue weighted by Gasteiger charge is -2.24. The second-order valence-corrected chi connectivity index (χ2v) is 6.69. The second-order valence-electron chi connectivity index (χ2n) is 6.69. The fraction of sp³-hybridized carbons (Fsp3) is 0.286. The van der Waals surface area contributed by atoms with Gasteiger partial charge < -0.3 is 5.32 Å². The molecule has 1 aromatic carbocycles. The highest BCUT2D eigenvalue weighted by atomic mass is 16.1. The summed E-state index contributed by atoms with van der Waals surface area (Å²) < 4.78 is 1.94. The van der Waals surface area contributed by atoms with Gasteiger partial charge in [0.1, 0.15) is 11.6 Å². The summed E-state index contributed by atoms with van der Waals surface area (Å²) in [4.78, 5) is 21.6. The van der Waals surface area contributed by atoms with Gasteiger partial charge >= 0.3 is 0 Å². The van der Waals surface area contributed by atoms with E-state index in [1.54, 1.807) is 12.4 Å². The SMILES string of the molecule is Cc1nccn1-c1ncccc1CNC(=O)[C@H]1CCCc2ccccc21. The first kappa shape index (κ1) is 16.5. The van der Waals surface area contributed by atoms with Crippen LogP contribution in [0.2, 0.25) is 0 Å². The molecule has 1 amide bonds. The van der Waals surface area contributed by atoms with E-state index in [1.807, 2.05) is 35.9 Å². The lowest BCUT2D eigenvalue weighted by molar-refractivity contribution is -0.123. The number of carbonyl (C=O) groups is 1. The van der Waals surface area contributed by atoms with E-state index in [0.717, 1.165) is 36.5 Å². The molecule has 5 nitrogen and oxygen atoms in total. The molecule has 0 saturated heterocycles. The molecule has 26 heavy (non-hydrogen) atoms. The van der Waals surface area contributed by atoms with Gasteiger partial charge in [-0.1, -0.05) is 30.3 Å². The van der Waals surface area contributed by atoms with Gasteiger partial charge in [0.15, 0.2) is 0 Å². The minimum atomic E-state index is -0.0601. The number of rotatable bonds is 4. The van der Waals surface area contributed by atoms with Gasteiger partial charge in [-0.05, 0) is 43.4 Å². The van der Waals surface area contributed by atoms with Gasteiger partial charge in [-0.15, -0.1) is 0 Å². The van der Waals surface area contributed by atoms with Crippen molar-refractivity contribution in [2.24, 2.45) is 0 Å². The molecule has 2 aromatic heterocycles. The zero-order valence-electron chi connectivity index (χ0n) is 14.9. The van der Waals surface area contributed by atoms with Gasteiger partial charge in [-0.2, -0.15) is 0 Å². The number of carbonyl (C=O) groups excluding carboxylic acids is 1. The molecular weight excluding hydrogens is 324 g/mol. The third kappa shape index (κ3) is 3.12. The van der Waals surface area contributed by atoms with Crippen molar-refractivity contribution >= 4 is 5.91 Å². The molecular formula is C21H22N4O. The maximum Gasteiger partial charge on any atom is 0.227 e. The summed E-state index contributed by atoms with van der Waals surface area (Å²) in [6.07, 6.45) is 8.43. The van der Waals surface area contributed by atoms with E-state index in [-0.39, 0.29) is 11.8 Å². The standard InChI is InChI=1S/C21H22N4O/c1-15-22-12-13-25(15)20-17(8-5-11-23-20)14-24-21(26)19-10-4-7-16-6-2-3-9-18(16)19/h2-3,5-6,8-9,11-13,19H,4,7,10,14H2,1H3,(H,24,26)/t19-/m0/s1. The third-order valence-electron chi connectivity index (χ3n) is 5.06. The Morgan fingerprint density at radius 2 is 2.08 bits per heavy atom. The van der Waals surface area contributed by atoms with Crippen LogP contribution in [-0.4, -0.2) is 20.4 Å². The molecule has 1 atom stereocenters. The predicted octanol–water partition coefficient (Wildman–Crippen LogP) is 3.31. The lowest BCUT2D eigenvalue weighted by Crippen LogP contribution is -2.31. The van der Waals surface area contributed by atoms with Crippen molar-refractivity contribution in [3.05, 3.63) is 77.5 Å². The Labute approximate surface area is 153 Å². The van der Waals surface area contributed by atoms with Gasteiger partial charge in [0, 0.05) is 30.7 Å². The molecule has 0 radical (unpaired) electrons. The van der Waals surface area contributed by atoms with Crippen molar-refractivity contribution in [1.29, 1.82) is 0 Å². The normalized spacial score (nSPS) is 16.1. The van der Waals surface area contributed by atoms with Crippen LogP contribution in [-0.2, 0) is 17.8 Å². The number of nitrogens with zero attached hydrogens (tertiary/aromatic N) is 3. The summed E-state index contributed by atoms with van der Waals surface area (Å²) in [5.41, 5.74) is 3.45. The van der Waals surface area contributed by atoms with E-state index < -0.39 is 0 Å². The number of benzene rings is 1. The smallest absolute Gasteiger partial charge is 0.227 e. The number of pyridine rings is 1. The molecule has 132 valence electrons. The third-order valence-corrected chi connectivity index (χ3v) is 5.06. The van der Waals surface area contributed by atoms with Crippen LogP contribution in [0, 0.1) is 6.92 Å². The van der Waals surface area contributed by atoms with E-state index in [1.165, 1.54) is 11.1 Å². The molecule has 0 spiro atoms. The number of hydrogen-bond donors (Lipinski definition) is 1. The minimum Gasteiger partial charge on any atom is -0.351 e. The molecule has 1 aliphatic carbocycles. The van der Waals surface area contributed by atoms with Crippen molar-refractivity contribution in [2.75, 3.05) is 0 Å². The number of nitrogens with one attached hydrogen (secondary N) is 1. The molecule has 0 bridgehead atoms. The summed E-state index contributed by atoms with van der Waals surface area (Å²) in [7, 11) is 0. The fourth-order valence-electron chi connectivity index (χ4n) is 3.72. The van der Waals surface area contributed by atoms with Crippen LogP contribution in [0.4, 0.5) is 0 Å². The Balaban J connectivity index is 1.52. The number of fused-ring (bicyclic) bond motifs is 1. The summed E-state index contributed by atoms with van der Waals surface area (Å²) in [5.74, 6) is 1.72. The van der Waals surface area contributed by atoms with Crippen molar-refractivity contribution in [2.45, 2.75) is 38.6 Å². The molecule has 0 aliphatic heterocycles. The molecule has 0 unspecified atom stereocenters. The second kappa shape index (κ2) is 7.12. The van der Waals surface area contributed by atoms with Crippen molar-refractivity contribution in [3.63, 3.8) is 0 Å². The zero-order chi connectivity index (χ0) is 17.9. The van der Waals surface area contributed by atoms with Gasteiger partial charge in [-0.25, -0.2) is 9.97 Å². The summed E-state index contributed by atoms with van der Waals surface area (Å²) in [5, 5.41) is 3.12. The maximum absolute atomic E-state index is 12.8. The quantitative estimate of drug-likeness (QED) is 0.788. The van der Waals surface area contributed by atoms with Crippen molar-refractivity contribution in [3.8, 4) is 5.82 Å².